The summed E-state index contributed by atoms with van der Waals surface area (Å²) >= 11 is 0. The molecule has 0 aromatic heterocycles. The molecule has 0 amide bonds. The minimum atomic E-state index is -0.805. The van der Waals surface area contributed by atoms with Gasteiger partial charge >= 0.3 is 0 Å². The maximum Gasteiger partial charge on any atom is 0.205 e. The van der Waals surface area contributed by atoms with E-state index in [9.17, 15) is 0 Å². The van der Waals surface area contributed by atoms with Crippen molar-refractivity contribution in [2.45, 2.75) is 64.8 Å². The first kappa shape index (κ1) is 23.0. The van der Waals surface area contributed by atoms with Crippen molar-refractivity contribution in [2.75, 3.05) is 20.2 Å². The number of nitrogens with zero attached hydrogens (tertiary/aromatic N) is 1. The van der Waals surface area contributed by atoms with Crippen LogP contribution in [0, 0.1) is 5.41 Å². The van der Waals surface area contributed by atoms with Crippen molar-refractivity contribution in [1.82, 2.24) is 4.90 Å². The zero-order valence-electron chi connectivity index (χ0n) is 19.6. The molecule has 0 aliphatic carbocycles. The third-order valence-corrected chi connectivity index (χ3v) is 6.99. The molecule has 0 N–H and O–H groups in total. The van der Waals surface area contributed by atoms with Crippen LogP contribution in [0.1, 0.15) is 44.7 Å². The summed E-state index contributed by atoms with van der Waals surface area (Å²) in [6, 6.07) is 19.6. The molecule has 2 aromatic carbocycles. The van der Waals surface area contributed by atoms with E-state index in [1.165, 1.54) is 11.1 Å². The summed E-state index contributed by atoms with van der Waals surface area (Å²) in [6.45, 7) is 14.7. The second-order valence-corrected chi connectivity index (χ2v) is 12.0. The third-order valence-electron chi connectivity index (χ3n) is 6.28. The molecule has 1 atom stereocenters. The first-order valence-corrected chi connectivity index (χ1v) is 13.5. The van der Waals surface area contributed by atoms with E-state index in [2.05, 4.69) is 87.3 Å². The number of piperidine rings is 1. The number of rotatable bonds is 7. The molecule has 0 saturated carbocycles. The maximum atomic E-state index is 6.76. The van der Waals surface area contributed by atoms with Gasteiger partial charge in [0.1, 0.15) is 5.75 Å². The normalized spacial score (nSPS) is 18.4. The number of hydrogen-bond acceptors (Lipinski definition) is 3. The molecule has 1 aliphatic heterocycles. The lowest BCUT2D eigenvalue weighted by Crippen LogP contribution is -2.55. The Labute approximate surface area is 185 Å². The van der Waals surface area contributed by atoms with Crippen LogP contribution >= 0.6 is 0 Å². The largest absolute Gasteiger partial charge is 0.497 e. The van der Waals surface area contributed by atoms with E-state index < -0.39 is 9.04 Å². The van der Waals surface area contributed by atoms with Gasteiger partial charge in [-0.05, 0) is 67.7 Å². The van der Waals surface area contributed by atoms with Crippen LogP contribution < -0.4 is 4.74 Å². The molecule has 0 spiro atoms. The molecule has 1 unspecified atom stereocenters. The van der Waals surface area contributed by atoms with Gasteiger partial charge in [0, 0.05) is 12.0 Å². The van der Waals surface area contributed by atoms with Crippen molar-refractivity contribution in [3.8, 4) is 5.75 Å². The summed E-state index contributed by atoms with van der Waals surface area (Å²) < 4.78 is 12.2. The van der Waals surface area contributed by atoms with Gasteiger partial charge in [0.15, 0.2) is 0 Å². The van der Waals surface area contributed by atoms with Crippen LogP contribution in [0.3, 0.4) is 0 Å². The molecule has 1 heterocycles. The second kappa shape index (κ2) is 9.67. The second-order valence-electron chi connectivity index (χ2n) is 9.92. The van der Waals surface area contributed by atoms with E-state index in [0.717, 1.165) is 38.2 Å². The Balaban J connectivity index is 1.85. The van der Waals surface area contributed by atoms with Crippen molar-refractivity contribution in [3.63, 3.8) is 0 Å². The van der Waals surface area contributed by atoms with Crippen molar-refractivity contribution >= 4 is 9.04 Å². The lowest BCUT2D eigenvalue weighted by atomic mass is 9.62. The topological polar surface area (TPSA) is 21.7 Å². The van der Waals surface area contributed by atoms with Gasteiger partial charge in [-0.3, -0.25) is 4.90 Å². The Morgan fingerprint density at radius 1 is 1.00 bits per heavy atom. The van der Waals surface area contributed by atoms with E-state index in [0.29, 0.717) is 0 Å². The van der Waals surface area contributed by atoms with Crippen LogP contribution in [-0.4, -0.2) is 40.2 Å². The first-order valence-electron chi connectivity index (χ1n) is 11.1. The lowest BCUT2D eigenvalue weighted by Gasteiger charge is -2.52. The van der Waals surface area contributed by atoms with Crippen LogP contribution in [0.25, 0.3) is 0 Å². The molecule has 1 radical (unpaired) electrons. The average Bonchev–Trinajstić information content (AvgIpc) is 2.73. The minimum absolute atomic E-state index is 0.0618. The highest BCUT2D eigenvalue weighted by Crippen LogP contribution is 2.46. The number of hydrogen-bond donors (Lipinski definition) is 0. The number of methoxy groups -OCH3 is 1. The number of ether oxygens (including phenoxy) is 1. The summed E-state index contributed by atoms with van der Waals surface area (Å²) in [7, 11) is 0.929. The van der Waals surface area contributed by atoms with Gasteiger partial charge in [-0.2, -0.15) is 0 Å². The van der Waals surface area contributed by atoms with E-state index in [-0.39, 0.29) is 16.9 Å². The Morgan fingerprint density at radius 3 is 2.23 bits per heavy atom. The molecule has 30 heavy (non-hydrogen) atoms. The van der Waals surface area contributed by atoms with E-state index in [1.807, 2.05) is 6.07 Å². The Hall–Kier alpha value is -1.62. The molecule has 3 nitrogen and oxygen atoms in total. The summed E-state index contributed by atoms with van der Waals surface area (Å²) in [4.78, 5) is 2.58. The van der Waals surface area contributed by atoms with Crippen molar-refractivity contribution in [1.29, 1.82) is 0 Å². The van der Waals surface area contributed by atoms with Crippen LogP contribution in [0.2, 0.25) is 13.1 Å². The molecular formula is C26H38NO2Si. The molecule has 163 valence electrons. The van der Waals surface area contributed by atoms with Crippen molar-refractivity contribution in [3.05, 3.63) is 65.7 Å². The zero-order valence-corrected chi connectivity index (χ0v) is 20.6. The quantitative estimate of drug-likeness (QED) is 0.516. The summed E-state index contributed by atoms with van der Waals surface area (Å²) in [6.07, 6.45) is 2.46. The highest BCUT2D eigenvalue weighted by Gasteiger charge is 2.48. The van der Waals surface area contributed by atoms with Gasteiger partial charge in [0.25, 0.3) is 0 Å². The van der Waals surface area contributed by atoms with E-state index in [4.69, 9.17) is 9.16 Å². The molecule has 4 heteroatoms. The van der Waals surface area contributed by atoms with Gasteiger partial charge < -0.3 is 9.16 Å². The maximum absolute atomic E-state index is 6.76. The predicted octanol–water partition coefficient (Wildman–Crippen LogP) is 5.91. The Bertz CT molecular complexity index is 792. The van der Waals surface area contributed by atoms with Gasteiger partial charge in [-0.1, -0.05) is 63.2 Å². The van der Waals surface area contributed by atoms with Crippen LogP contribution in [0.4, 0.5) is 0 Å². The van der Waals surface area contributed by atoms with Gasteiger partial charge in [-0.15, -0.1) is 0 Å². The fraction of sp³-hybridized carbons (Fsp3) is 0.538. The number of benzene rings is 2. The monoisotopic (exact) mass is 424 g/mol. The molecule has 1 saturated heterocycles. The number of likely N-dealkylation sites (tertiary alicyclic amines) is 1. The van der Waals surface area contributed by atoms with E-state index >= 15 is 0 Å². The first-order chi connectivity index (χ1) is 14.2. The van der Waals surface area contributed by atoms with Crippen molar-refractivity contribution in [2.24, 2.45) is 5.41 Å². The Kier molecular flexibility index (Phi) is 7.43. The van der Waals surface area contributed by atoms with Gasteiger partial charge in [0.2, 0.25) is 9.04 Å². The smallest absolute Gasteiger partial charge is 0.205 e. The summed E-state index contributed by atoms with van der Waals surface area (Å²) in [5.41, 5.74) is 2.91. The fourth-order valence-electron chi connectivity index (χ4n) is 4.97. The molecular weight excluding hydrogens is 386 g/mol. The molecule has 2 aromatic rings. The molecule has 1 fully saturated rings. The standard InChI is InChI=1S/C26H38NO2Si/c1-25(2,3)24(29-30(5)6)26(22-12-8-7-9-13-22)15-17-27(18-16-26)20-21-11-10-14-23(19-21)28-4/h7-14,19,24H,15-18,20H2,1-6H3. The highest BCUT2D eigenvalue weighted by atomic mass is 28.3. The van der Waals surface area contributed by atoms with Crippen LogP contribution in [-0.2, 0) is 16.4 Å². The fourth-order valence-corrected chi connectivity index (χ4v) is 6.02. The van der Waals surface area contributed by atoms with Crippen LogP contribution in [0.15, 0.2) is 54.6 Å². The predicted molar refractivity (Wildman–Crippen MR) is 127 cm³/mol. The van der Waals surface area contributed by atoms with Gasteiger partial charge in [-0.25, -0.2) is 0 Å². The average molecular weight is 425 g/mol. The SMILES string of the molecule is COc1cccc(CN2CCC(c3ccccc3)(C(O[Si](C)C)C(C)(C)C)CC2)c1. The molecule has 1 aliphatic rings. The molecule has 3 rings (SSSR count). The lowest BCUT2D eigenvalue weighted by molar-refractivity contribution is -0.0212. The van der Waals surface area contributed by atoms with Gasteiger partial charge in [0.05, 0.1) is 13.2 Å². The zero-order chi connectivity index (χ0) is 21.8. The molecule has 0 bridgehead atoms. The summed E-state index contributed by atoms with van der Waals surface area (Å²) in [5.74, 6) is 0.935. The Morgan fingerprint density at radius 2 is 1.67 bits per heavy atom. The van der Waals surface area contributed by atoms with Crippen LogP contribution in [0.5, 0.6) is 5.75 Å². The van der Waals surface area contributed by atoms with E-state index in [1.54, 1.807) is 7.11 Å². The highest BCUT2D eigenvalue weighted by molar-refractivity contribution is 6.48. The third kappa shape index (κ3) is 5.34. The van der Waals surface area contributed by atoms with Crippen molar-refractivity contribution < 1.29 is 9.16 Å². The summed E-state index contributed by atoms with van der Waals surface area (Å²) in [5, 5.41) is 0. The minimum Gasteiger partial charge on any atom is -0.497 e.